The van der Waals surface area contributed by atoms with Gasteiger partial charge in [-0.3, -0.25) is 0 Å². The molecule has 0 aromatic heterocycles. The fraction of sp³-hybridized carbons (Fsp3) is 0.304. The van der Waals surface area contributed by atoms with E-state index in [0.29, 0.717) is 35.7 Å². The summed E-state index contributed by atoms with van der Waals surface area (Å²) in [5.41, 5.74) is 2.15. The predicted molar refractivity (Wildman–Crippen MR) is 112 cm³/mol. The highest BCUT2D eigenvalue weighted by atomic mass is 16.5. The van der Waals surface area contributed by atoms with Crippen LogP contribution in [-0.4, -0.2) is 19.2 Å². The number of carbonyl (C=O) groups excluding carboxylic acids is 1. The summed E-state index contributed by atoms with van der Waals surface area (Å²) in [4.78, 5) is 11.2. The summed E-state index contributed by atoms with van der Waals surface area (Å²) in [6.07, 6.45) is 3.76. The van der Waals surface area contributed by atoms with E-state index in [1.54, 1.807) is 25.1 Å². The smallest absolute Gasteiger partial charge is 0.333 e. The first-order valence-corrected chi connectivity index (χ1v) is 9.56. The molecule has 6 nitrogen and oxygen atoms in total. The van der Waals surface area contributed by atoms with Gasteiger partial charge in [0.15, 0.2) is 0 Å². The highest BCUT2D eigenvalue weighted by molar-refractivity contribution is 5.86. The molecule has 0 saturated heterocycles. The van der Waals surface area contributed by atoms with Crippen LogP contribution >= 0.6 is 0 Å². The SMILES string of the molecule is C=C(C)C(=O)OCCCCCCOc1ccc(N=Nc2ccccc2C#N)cc1. The first kappa shape index (κ1) is 21.8. The molecule has 6 heteroatoms. The lowest BCUT2D eigenvalue weighted by Crippen LogP contribution is -2.06. The zero-order valence-electron chi connectivity index (χ0n) is 16.6. The van der Waals surface area contributed by atoms with Gasteiger partial charge in [-0.2, -0.15) is 10.4 Å². The predicted octanol–water partition coefficient (Wildman–Crippen LogP) is 6.03. The van der Waals surface area contributed by atoms with Crippen LogP contribution in [0.15, 0.2) is 70.9 Å². The van der Waals surface area contributed by atoms with Gasteiger partial charge in [0.25, 0.3) is 0 Å². The molecule has 2 rings (SSSR count). The van der Waals surface area contributed by atoms with Crippen LogP contribution in [0, 0.1) is 11.3 Å². The van der Waals surface area contributed by atoms with Crippen molar-refractivity contribution < 1.29 is 14.3 Å². The summed E-state index contributed by atoms with van der Waals surface area (Å²) in [6, 6.07) is 16.5. The van der Waals surface area contributed by atoms with Gasteiger partial charge in [0, 0.05) is 5.57 Å². The van der Waals surface area contributed by atoms with E-state index in [1.807, 2.05) is 30.3 Å². The van der Waals surface area contributed by atoms with E-state index in [9.17, 15) is 4.79 Å². The van der Waals surface area contributed by atoms with Crippen molar-refractivity contribution in [3.63, 3.8) is 0 Å². The Morgan fingerprint density at radius 3 is 2.38 bits per heavy atom. The van der Waals surface area contributed by atoms with Crippen molar-refractivity contribution in [2.75, 3.05) is 13.2 Å². The van der Waals surface area contributed by atoms with Crippen molar-refractivity contribution in [3.05, 3.63) is 66.2 Å². The Bertz CT molecular complexity index is 883. The van der Waals surface area contributed by atoms with Gasteiger partial charge in [0.2, 0.25) is 0 Å². The van der Waals surface area contributed by atoms with Crippen molar-refractivity contribution >= 4 is 17.3 Å². The molecule has 0 N–H and O–H groups in total. The molecule has 0 spiro atoms. The minimum Gasteiger partial charge on any atom is -0.494 e. The van der Waals surface area contributed by atoms with E-state index >= 15 is 0 Å². The van der Waals surface area contributed by atoms with Crippen LogP contribution in [0.25, 0.3) is 0 Å². The van der Waals surface area contributed by atoms with Crippen molar-refractivity contribution in [3.8, 4) is 11.8 Å². The first-order chi connectivity index (χ1) is 14.1. The molecule has 2 aromatic rings. The van der Waals surface area contributed by atoms with E-state index in [1.165, 1.54) is 0 Å². The highest BCUT2D eigenvalue weighted by Gasteiger charge is 2.02. The van der Waals surface area contributed by atoms with Gasteiger partial charge < -0.3 is 9.47 Å². The lowest BCUT2D eigenvalue weighted by atomic mass is 10.2. The molecular weight excluding hydrogens is 366 g/mol. The Labute approximate surface area is 171 Å². The number of azo groups is 1. The Morgan fingerprint density at radius 2 is 1.69 bits per heavy atom. The van der Waals surface area contributed by atoms with Crippen molar-refractivity contribution in [1.82, 2.24) is 0 Å². The molecule has 0 aliphatic heterocycles. The van der Waals surface area contributed by atoms with Crippen molar-refractivity contribution in [2.24, 2.45) is 10.2 Å². The maximum atomic E-state index is 11.2. The molecule has 0 bridgehead atoms. The van der Waals surface area contributed by atoms with Gasteiger partial charge in [0.1, 0.15) is 17.5 Å². The minimum absolute atomic E-state index is 0.328. The topological polar surface area (TPSA) is 84.0 Å². The monoisotopic (exact) mass is 391 g/mol. The maximum Gasteiger partial charge on any atom is 0.333 e. The summed E-state index contributed by atoms with van der Waals surface area (Å²) < 4.78 is 10.8. The molecule has 0 fully saturated rings. The number of hydrogen-bond acceptors (Lipinski definition) is 6. The molecule has 0 amide bonds. The normalized spacial score (nSPS) is 10.5. The zero-order valence-corrected chi connectivity index (χ0v) is 16.6. The number of nitrogens with zero attached hydrogens (tertiary/aromatic N) is 3. The fourth-order valence-corrected chi connectivity index (χ4v) is 2.41. The van der Waals surface area contributed by atoms with Gasteiger partial charge in [-0.25, -0.2) is 4.79 Å². The fourth-order valence-electron chi connectivity index (χ4n) is 2.41. The van der Waals surface area contributed by atoms with Gasteiger partial charge in [0.05, 0.1) is 24.5 Å². The third-order valence-corrected chi connectivity index (χ3v) is 4.02. The Hall–Kier alpha value is -3.46. The second kappa shape index (κ2) is 12.1. The molecule has 0 heterocycles. The maximum absolute atomic E-state index is 11.2. The van der Waals surface area contributed by atoms with Crippen molar-refractivity contribution in [1.29, 1.82) is 5.26 Å². The average molecular weight is 391 g/mol. The second-order valence-corrected chi connectivity index (χ2v) is 6.50. The summed E-state index contributed by atoms with van der Waals surface area (Å²) >= 11 is 0. The Balaban J connectivity index is 1.65. The van der Waals surface area contributed by atoms with Gasteiger partial charge in [-0.05, 0) is 69.0 Å². The van der Waals surface area contributed by atoms with Crippen LogP contribution < -0.4 is 4.74 Å². The van der Waals surface area contributed by atoms with E-state index < -0.39 is 0 Å². The number of ether oxygens (including phenoxy) is 2. The summed E-state index contributed by atoms with van der Waals surface area (Å²) in [7, 11) is 0. The minimum atomic E-state index is -0.328. The lowest BCUT2D eigenvalue weighted by molar-refractivity contribution is -0.139. The average Bonchev–Trinajstić information content (AvgIpc) is 2.74. The molecule has 29 heavy (non-hydrogen) atoms. The molecule has 0 saturated carbocycles. The van der Waals surface area contributed by atoms with Gasteiger partial charge in [-0.1, -0.05) is 18.7 Å². The van der Waals surface area contributed by atoms with Crippen LogP contribution in [0.1, 0.15) is 38.2 Å². The van der Waals surface area contributed by atoms with E-state index in [4.69, 9.17) is 14.7 Å². The van der Waals surface area contributed by atoms with Gasteiger partial charge in [-0.15, -0.1) is 5.11 Å². The summed E-state index contributed by atoms with van der Waals surface area (Å²) in [5, 5.41) is 17.4. The lowest BCUT2D eigenvalue weighted by Gasteiger charge is -2.07. The summed E-state index contributed by atoms with van der Waals surface area (Å²) in [5.74, 6) is 0.447. The van der Waals surface area contributed by atoms with Crippen LogP contribution in [-0.2, 0) is 9.53 Å². The van der Waals surface area contributed by atoms with Crippen LogP contribution in [0.3, 0.4) is 0 Å². The highest BCUT2D eigenvalue weighted by Crippen LogP contribution is 2.23. The van der Waals surface area contributed by atoms with Crippen LogP contribution in [0.5, 0.6) is 5.75 Å². The number of nitriles is 1. The standard InChI is InChI=1S/C23H25N3O3/c1-18(2)23(27)29-16-8-4-3-7-15-28-21-13-11-20(12-14-21)25-26-22-10-6-5-9-19(22)17-24/h5-6,9-14H,1,3-4,7-8,15-16H2,2H3. The number of rotatable bonds is 11. The van der Waals surface area contributed by atoms with E-state index in [0.717, 1.165) is 31.4 Å². The molecule has 0 unspecified atom stereocenters. The molecular formula is C23H25N3O3. The van der Waals surface area contributed by atoms with Crippen LogP contribution in [0.4, 0.5) is 11.4 Å². The number of benzene rings is 2. The third-order valence-electron chi connectivity index (χ3n) is 4.02. The molecule has 0 aliphatic rings. The quantitative estimate of drug-likeness (QED) is 0.202. The molecule has 150 valence electrons. The number of unbranched alkanes of at least 4 members (excludes halogenated alkanes) is 3. The number of carbonyl (C=O) groups is 1. The molecule has 0 atom stereocenters. The number of hydrogen-bond donors (Lipinski definition) is 0. The molecule has 0 radical (unpaired) electrons. The Morgan fingerprint density at radius 1 is 1.00 bits per heavy atom. The second-order valence-electron chi connectivity index (χ2n) is 6.50. The first-order valence-electron chi connectivity index (χ1n) is 9.56. The number of esters is 1. The van der Waals surface area contributed by atoms with Crippen LogP contribution in [0.2, 0.25) is 0 Å². The molecule has 2 aromatic carbocycles. The third kappa shape index (κ3) is 7.97. The van der Waals surface area contributed by atoms with Gasteiger partial charge >= 0.3 is 5.97 Å². The Kier molecular flexibility index (Phi) is 9.10. The zero-order chi connectivity index (χ0) is 20.9. The van der Waals surface area contributed by atoms with E-state index in [2.05, 4.69) is 22.9 Å². The van der Waals surface area contributed by atoms with Crippen molar-refractivity contribution in [2.45, 2.75) is 32.6 Å². The molecule has 0 aliphatic carbocycles. The largest absolute Gasteiger partial charge is 0.494 e. The summed E-state index contributed by atoms with van der Waals surface area (Å²) in [6.45, 7) is 6.25. The van der Waals surface area contributed by atoms with E-state index in [-0.39, 0.29) is 5.97 Å².